The summed E-state index contributed by atoms with van der Waals surface area (Å²) in [4.78, 5) is 0. The highest BCUT2D eigenvalue weighted by atomic mass is 35.5. The Morgan fingerprint density at radius 2 is 2.08 bits per heavy atom. The quantitative estimate of drug-likeness (QED) is 0.504. The van der Waals surface area contributed by atoms with Crippen LogP contribution in [0.15, 0.2) is 54.5 Å². The van der Waals surface area contributed by atoms with Gasteiger partial charge in [-0.05, 0) is 12.1 Å². The second kappa shape index (κ2) is 8.80. The molecule has 3 rings (SSSR count). The molecule has 0 saturated heterocycles. The lowest BCUT2D eigenvalue weighted by atomic mass is 10.3. The molecule has 9 heteroatoms. The third kappa shape index (κ3) is 4.28. The highest BCUT2D eigenvalue weighted by molar-refractivity contribution is 7.98. The van der Waals surface area contributed by atoms with E-state index < -0.39 is 0 Å². The molecule has 0 bridgehead atoms. The molecule has 0 saturated carbocycles. The van der Waals surface area contributed by atoms with Crippen molar-refractivity contribution in [3.63, 3.8) is 0 Å². The van der Waals surface area contributed by atoms with Crippen molar-refractivity contribution in [2.45, 2.75) is 24.0 Å². The second-order valence-corrected chi connectivity index (χ2v) is 5.98. The number of para-hydroxylation sites is 1. The van der Waals surface area contributed by atoms with Gasteiger partial charge in [-0.1, -0.05) is 30.0 Å². The SMILES string of the molecule is C=CCn1c(CN)nnc1SCc1cnn(-c2ccccc2F)c1.Cl. The molecule has 2 heterocycles. The van der Waals surface area contributed by atoms with E-state index >= 15 is 0 Å². The van der Waals surface area contributed by atoms with E-state index in [4.69, 9.17) is 5.73 Å². The third-order valence-corrected chi connectivity index (χ3v) is 4.43. The summed E-state index contributed by atoms with van der Waals surface area (Å²) in [6.45, 7) is 4.67. The first-order valence-electron chi connectivity index (χ1n) is 7.37. The Labute approximate surface area is 155 Å². The summed E-state index contributed by atoms with van der Waals surface area (Å²) in [5.41, 5.74) is 7.06. The fourth-order valence-electron chi connectivity index (χ4n) is 2.24. The number of allylic oxidation sites excluding steroid dienone is 1. The van der Waals surface area contributed by atoms with Crippen molar-refractivity contribution < 1.29 is 4.39 Å². The van der Waals surface area contributed by atoms with Crippen molar-refractivity contribution in [1.29, 1.82) is 0 Å². The van der Waals surface area contributed by atoms with Crippen molar-refractivity contribution >= 4 is 24.2 Å². The first kappa shape index (κ1) is 19.2. The zero-order valence-electron chi connectivity index (χ0n) is 13.4. The van der Waals surface area contributed by atoms with E-state index in [2.05, 4.69) is 21.9 Å². The van der Waals surface area contributed by atoms with Gasteiger partial charge in [0.1, 0.15) is 17.3 Å². The fraction of sp³-hybridized carbons (Fsp3) is 0.188. The molecule has 0 aliphatic heterocycles. The van der Waals surface area contributed by atoms with Gasteiger partial charge in [0.15, 0.2) is 5.16 Å². The Bertz CT molecular complexity index is 847. The number of benzene rings is 1. The van der Waals surface area contributed by atoms with Gasteiger partial charge < -0.3 is 10.3 Å². The van der Waals surface area contributed by atoms with Crippen molar-refractivity contribution in [2.24, 2.45) is 5.73 Å². The van der Waals surface area contributed by atoms with Gasteiger partial charge in [-0.2, -0.15) is 5.10 Å². The topological polar surface area (TPSA) is 74.6 Å². The minimum Gasteiger partial charge on any atom is -0.324 e. The molecule has 0 spiro atoms. The van der Waals surface area contributed by atoms with E-state index in [0.717, 1.165) is 16.5 Å². The minimum atomic E-state index is -0.307. The Hall–Kier alpha value is -2.16. The lowest BCUT2D eigenvalue weighted by Crippen LogP contribution is -2.08. The maximum Gasteiger partial charge on any atom is 0.191 e. The Morgan fingerprint density at radius 3 is 2.80 bits per heavy atom. The van der Waals surface area contributed by atoms with Gasteiger partial charge in [-0.3, -0.25) is 0 Å². The summed E-state index contributed by atoms with van der Waals surface area (Å²) in [6, 6.07) is 6.53. The van der Waals surface area contributed by atoms with Crippen LogP contribution in [0.25, 0.3) is 5.69 Å². The number of nitrogens with two attached hydrogens (primary N) is 1. The molecule has 0 atom stereocenters. The van der Waals surface area contributed by atoms with E-state index in [0.29, 0.717) is 24.5 Å². The summed E-state index contributed by atoms with van der Waals surface area (Å²) in [5.74, 6) is 1.06. The highest BCUT2D eigenvalue weighted by Crippen LogP contribution is 2.22. The largest absolute Gasteiger partial charge is 0.324 e. The summed E-state index contributed by atoms with van der Waals surface area (Å²) < 4.78 is 17.3. The maximum atomic E-state index is 13.8. The zero-order chi connectivity index (χ0) is 16.9. The smallest absolute Gasteiger partial charge is 0.191 e. The average Bonchev–Trinajstić information content (AvgIpc) is 3.21. The molecule has 3 aromatic rings. The molecule has 132 valence electrons. The van der Waals surface area contributed by atoms with Gasteiger partial charge in [0.2, 0.25) is 0 Å². The van der Waals surface area contributed by atoms with Crippen LogP contribution in [0.3, 0.4) is 0 Å². The van der Waals surface area contributed by atoms with Gasteiger partial charge in [0.25, 0.3) is 0 Å². The minimum absolute atomic E-state index is 0. The molecule has 6 nitrogen and oxygen atoms in total. The van der Waals surface area contributed by atoms with Gasteiger partial charge in [0, 0.05) is 24.1 Å². The second-order valence-electron chi connectivity index (χ2n) is 5.04. The zero-order valence-corrected chi connectivity index (χ0v) is 15.0. The van der Waals surface area contributed by atoms with E-state index in [1.807, 2.05) is 10.8 Å². The van der Waals surface area contributed by atoms with Crippen LogP contribution < -0.4 is 5.73 Å². The van der Waals surface area contributed by atoms with E-state index in [9.17, 15) is 4.39 Å². The van der Waals surface area contributed by atoms with E-state index in [-0.39, 0.29) is 18.2 Å². The van der Waals surface area contributed by atoms with Crippen molar-refractivity contribution in [1.82, 2.24) is 24.5 Å². The Kier molecular flexibility index (Phi) is 6.74. The number of halogens is 2. The standard InChI is InChI=1S/C16H17FN6S.ClH/c1-2-7-22-15(8-18)20-21-16(22)24-11-12-9-19-23(10-12)14-6-4-3-5-13(14)17;/h2-6,9-10H,1,7-8,11,18H2;1H. The molecule has 2 aromatic heterocycles. The fourth-order valence-corrected chi connectivity index (χ4v) is 3.12. The Morgan fingerprint density at radius 1 is 1.28 bits per heavy atom. The van der Waals surface area contributed by atoms with Gasteiger partial charge >= 0.3 is 0 Å². The maximum absolute atomic E-state index is 13.8. The first-order chi connectivity index (χ1) is 11.7. The number of rotatable bonds is 7. The van der Waals surface area contributed by atoms with Gasteiger partial charge in [0.05, 0.1) is 12.7 Å². The molecule has 0 aliphatic carbocycles. The molecule has 0 radical (unpaired) electrons. The molecule has 1 aromatic carbocycles. The predicted molar refractivity (Wildman–Crippen MR) is 98.4 cm³/mol. The van der Waals surface area contributed by atoms with Crippen LogP contribution in [0, 0.1) is 5.82 Å². The molecule has 0 aliphatic rings. The van der Waals surface area contributed by atoms with Crippen LogP contribution in [0.4, 0.5) is 4.39 Å². The van der Waals surface area contributed by atoms with Gasteiger partial charge in [-0.15, -0.1) is 29.2 Å². The van der Waals surface area contributed by atoms with Crippen LogP contribution in [0.1, 0.15) is 11.4 Å². The highest BCUT2D eigenvalue weighted by Gasteiger charge is 2.12. The van der Waals surface area contributed by atoms with Crippen LogP contribution in [-0.4, -0.2) is 24.5 Å². The number of aromatic nitrogens is 5. The normalized spacial score (nSPS) is 10.5. The summed E-state index contributed by atoms with van der Waals surface area (Å²) in [7, 11) is 0. The Balaban J connectivity index is 0.00000225. The molecular weight excluding hydrogens is 363 g/mol. The van der Waals surface area contributed by atoms with E-state index in [1.165, 1.54) is 22.5 Å². The number of hydrogen-bond acceptors (Lipinski definition) is 5. The van der Waals surface area contributed by atoms with Crippen molar-refractivity contribution in [3.05, 3.63) is 66.5 Å². The number of thioether (sulfide) groups is 1. The number of nitrogens with zero attached hydrogens (tertiary/aromatic N) is 5. The lowest BCUT2D eigenvalue weighted by molar-refractivity contribution is 0.611. The predicted octanol–water partition coefficient (Wildman–Crippen LogP) is 2.96. The molecule has 2 N–H and O–H groups in total. The van der Waals surface area contributed by atoms with E-state index in [1.54, 1.807) is 30.5 Å². The molecule has 0 fully saturated rings. The molecule has 25 heavy (non-hydrogen) atoms. The molecular formula is C16H18ClFN6S. The number of hydrogen-bond donors (Lipinski definition) is 1. The van der Waals surface area contributed by atoms with Gasteiger partial charge in [-0.25, -0.2) is 9.07 Å². The molecule has 0 unspecified atom stereocenters. The summed E-state index contributed by atoms with van der Waals surface area (Å²) in [5, 5.41) is 13.2. The third-order valence-electron chi connectivity index (χ3n) is 3.39. The summed E-state index contributed by atoms with van der Waals surface area (Å²) in [6.07, 6.45) is 5.31. The van der Waals surface area contributed by atoms with Crippen molar-refractivity contribution in [3.8, 4) is 5.69 Å². The molecule has 0 amide bonds. The first-order valence-corrected chi connectivity index (χ1v) is 8.35. The monoisotopic (exact) mass is 380 g/mol. The van der Waals surface area contributed by atoms with Crippen LogP contribution in [0.2, 0.25) is 0 Å². The average molecular weight is 381 g/mol. The van der Waals surface area contributed by atoms with Crippen LogP contribution in [-0.2, 0) is 18.8 Å². The lowest BCUT2D eigenvalue weighted by Gasteiger charge is -2.05. The van der Waals surface area contributed by atoms with Crippen molar-refractivity contribution in [2.75, 3.05) is 0 Å². The van der Waals surface area contributed by atoms with Crippen LogP contribution >= 0.6 is 24.2 Å². The van der Waals surface area contributed by atoms with Crippen LogP contribution in [0.5, 0.6) is 0 Å². The summed E-state index contributed by atoms with van der Waals surface area (Å²) >= 11 is 1.53.